The predicted octanol–water partition coefficient (Wildman–Crippen LogP) is 3.83. The highest BCUT2D eigenvalue weighted by atomic mass is 32.2. The average Bonchev–Trinajstić information content (AvgIpc) is 2.89. The Morgan fingerprint density at radius 2 is 2.04 bits per heavy atom. The van der Waals surface area contributed by atoms with E-state index in [1.807, 2.05) is 50.7 Å². The molecule has 0 aliphatic rings. The van der Waals surface area contributed by atoms with E-state index in [-0.39, 0.29) is 11.8 Å². The fraction of sp³-hybridized carbons (Fsp3) is 0.444. The number of aryl methyl sites for hydroxylation is 2. The van der Waals surface area contributed by atoms with Crippen molar-refractivity contribution in [3.63, 3.8) is 0 Å². The Balaban J connectivity index is 1.77. The molecule has 0 saturated carbocycles. The first-order valence-electron chi connectivity index (χ1n) is 7.95. The maximum atomic E-state index is 12.4. The zero-order valence-corrected chi connectivity index (χ0v) is 14.8. The van der Waals surface area contributed by atoms with Crippen LogP contribution in [0.1, 0.15) is 41.8 Å². The summed E-state index contributed by atoms with van der Waals surface area (Å²) >= 11 is 1.83. The van der Waals surface area contributed by atoms with Gasteiger partial charge in [-0.05, 0) is 25.8 Å². The van der Waals surface area contributed by atoms with Crippen molar-refractivity contribution in [1.29, 1.82) is 0 Å². The molecular weight excluding hydrogens is 308 g/mol. The van der Waals surface area contributed by atoms with Crippen molar-refractivity contribution in [3.05, 3.63) is 52.9 Å². The number of nitrogens with one attached hydrogen (secondary N) is 1. The summed E-state index contributed by atoms with van der Waals surface area (Å²) in [5.41, 5.74) is 3.05. The summed E-state index contributed by atoms with van der Waals surface area (Å²) in [5.74, 6) is 2.49. The van der Waals surface area contributed by atoms with Crippen LogP contribution in [0.25, 0.3) is 0 Å². The average molecular weight is 332 g/mol. The number of thioether (sulfide) groups is 1. The summed E-state index contributed by atoms with van der Waals surface area (Å²) in [6.07, 6.45) is 0.742. The molecule has 2 aromatic rings. The quantitative estimate of drug-likeness (QED) is 0.746. The van der Waals surface area contributed by atoms with Crippen molar-refractivity contribution >= 4 is 17.7 Å². The van der Waals surface area contributed by atoms with Crippen molar-refractivity contribution in [1.82, 2.24) is 10.5 Å². The van der Waals surface area contributed by atoms with Gasteiger partial charge in [0.25, 0.3) is 0 Å². The van der Waals surface area contributed by atoms with Gasteiger partial charge in [-0.25, -0.2) is 0 Å². The number of aromatic nitrogens is 1. The number of rotatable bonds is 8. The zero-order chi connectivity index (χ0) is 16.7. The highest BCUT2D eigenvalue weighted by Gasteiger charge is 2.25. The van der Waals surface area contributed by atoms with Gasteiger partial charge in [-0.1, -0.05) is 42.4 Å². The lowest BCUT2D eigenvalue weighted by molar-refractivity contribution is -0.122. The second-order valence-corrected chi connectivity index (χ2v) is 6.63. The molecule has 0 radical (unpaired) electrons. The summed E-state index contributed by atoms with van der Waals surface area (Å²) in [4.78, 5) is 12.4. The molecule has 1 aromatic heterocycles. The van der Waals surface area contributed by atoms with Crippen LogP contribution in [0.5, 0.6) is 0 Å². The van der Waals surface area contributed by atoms with Gasteiger partial charge in [-0.15, -0.1) is 0 Å². The monoisotopic (exact) mass is 332 g/mol. The number of carbonyl (C=O) groups is 1. The van der Waals surface area contributed by atoms with Gasteiger partial charge in [-0.3, -0.25) is 4.79 Å². The molecule has 124 valence electrons. The minimum absolute atomic E-state index is 0.0576. The third-order valence-electron chi connectivity index (χ3n) is 3.82. The van der Waals surface area contributed by atoms with Crippen LogP contribution in [0.3, 0.4) is 0 Å². The third-order valence-corrected chi connectivity index (χ3v) is 4.85. The number of nitrogens with zero attached hydrogens (tertiary/aromatic N) is 1. The molecule has 1 aromatic carbocycles. The Labute approximate surface area is 142 Å². The third kappa shape index (κ3) is 4.86. The summed E-state index contributed by atoms with van der Waals surface area (Å²) < 4.78 is 5.19. The number of benzene rings is 1. The molecule has 0 bridgehead atoms. The van der Waals surface area contributed by atoms with Crippen molar-refractivity contribution in [2.45, 2.75) is 38.9 Å². The lowest BCUT2D eigenvalue weighted by Crippen LogP contribution is -2.31. The molecule has 1 amide bonds. The van der Waals surface area contributed by atoms with Crippen LogP contribution in [0.2, 0.25) is 0 Å². The van der Waals surface area contributed by atoms with E-state index in [1.54, 1.807) is 0 Å². The van der Waals surface area contributed by atoms with Crippen LogP contribution in [0.15, 0.2) is 34.9 Å². The van der Waals surface area contributed by atoms with Gasteiger partial charge in [0.05, 0.1) is 11.6 Å². The second-order valence-electron chi connectivity index (χ2n) is 5.53. The van der Waals surface area contributed by atoms with Crippen LogP contribution < -0.4 is 5.32 Å². The molecule has 0 unspecified atom stereocenters. The summed E-state index contributed by atoms with van der Waals surface area (Å²) in [6.45, 7) is 6.44. The molecule has 0 aliphatic heterocycles. The van der Waals surface area contributed by atoms with Gasteiger partial charge in [0.2, 0.25) is 5.91 Å². The first-order valence-corrected chi connectivity index (χ1v) is 9.11. The van der Waals surface area contributed by atoms with Crippen LogP contribution in [0.4, 0.5) is 0 Å². The van der Waals surface area contributed by atoms with Crippen molar-refractivity contribution < 1.29 is 9.32 Å². The fourth-order valence-electron chi connectivity index (χ4n) is 2.64. The van der Waals surface area contributed by atoms with Crippen LogP contribution in [0, 0.1) is 13.8 Å². The lowest BCUT2D eigenvalue weighted by Gasteiger charge is -2.14. The maximum absolute atomic E-state index is 12.4. The largest absolute Gasteiger partial charge is 0.361 e. The Morgan fingerprint density at radius 3 is 2.65 bits per heavy atom. The SMILES string of the molecule is CC[C@H](C(=O)NCCSCc1ccccc1)c1c(C)noc1C. The van der Waals surface area contributed by atoms with Crippen molar-refractivity contribution in [2.24, 2.45) is 0 Å². The van der Waals surface area contributed by atoms with Gasteiger partial charge >= 0.3 is 0 Å². The van der Waals surface area contributed by atoms with E-state index in [1.165, 1.54) is 5.56 Å². The molecule has 23 heavy (non-hydrogen) atoms. The van der Waals surface area contributed by atoms with Gasteiger partial charge in [0.1, 0.15) is 5.76 Å². The summed E-state index contributed by atoms with van der Waals surface area (Å²) in [6, 6.07) is 10.4. The predicted molar refractivity (Wildman–Crippen MR) is 94.6 cm³/mol. The maximum Gasteiger partial charge on any atom is 0.227 e. The molecule has 2 rings (SSSR count). The van der Waals surface area contributed by atoms with E-state index in [4.69, 9.17) is 4.52 Å². The smallest absolute Gasteiger partial charge is 0.227 e. The molecule has 0 aliphatic carbocycles. The van der Waals surface area contributed by atoms with E-state index in [0.29, 0.717) is 6.54 Å². The first kappa shape index (κ1) is 17.6. The zero-order valence-electron chi connectivity index (χ0n) is 14.0. The molecule has 4 nitrogen and oxygen atoms in total. The highest BCUT2D eigenvalue weighted by molar-refractivity contribution is 7.98. The lowest BCUT2D eigenvalue weighted by atomic mass is 9.94. The van der Waals surface area contributed by atoms with E-state index in [0.717, 1.165) is 34.9 Å². The normalized spacial score (nSPS) is 12.1. The molecule has 1 atom stereocenters. The summed E-state index contributed by atoms with van der Waals surface area (Å²) in [7, 11) is 0. The standard InChI is InChI=1S/C18H24N2O2S/c1-4-16(17-13(2)20-22-14(17)3)18(21)19-10-11-23-12-15-8-6-5-7-9-15/h5-9,16H,4,10-12H2,1-3H3,(H,19,21)/t16-/m0/s1. The second kappa shape index (κ2) is 8.77. The first-order chi connectivity index (χ1) is 11.1. The number of carbonyl (C=O) groups excluding carboxylic acids is 1. The van der Waals surface area contributed by atoms with Gasteiger partial charge in [0, 0.05) is 23.6 Å². The fourth-order valence-corrected chi connectivity index (χ4v) is 3.46. The van der Waals surface area contributed by atoms with Crippen molar-refractivity contribution in [2.75, 3.05) is 12.3 Å². The molecule has 1 N–H and O–H groups in total. The van der Waals surface area contributed by atoms with E-state index >= 15 is 0 Å². The van der Waals surface area contributed by atoms with Crippen LogP contribution in [-0.2, 0) is 10.5 Å². The highest BCUT2D eigenvalue weighted by Crippen LogP contribution is 2.26. The Bertz CT molecular complexity index is 606. The van der Waals surface area contributed by atoms with E-state index in [9.17, 15) is 4.79 Å². The van der Waals surface area contributed by atoms with E-state index < -0.39 is 0 Å². The minimum atomic E-state index is -0.180. The Morgan fingerprint density at radius 1 is 1.30 bits per heavy atom. The van der Waals surface area contributed by atoms with Crippen LogP contribution >= 0.6 is 11.8 Å². The molecule has 0 fully saturated rings. The molecule has 0 saturated heterocycles. The Hall–Kier alpha value is -1.75. The van der Waals surface area contributed by atoms with Gasteiger partial charge in [-0.2, -0.15) is 11.8 Å². The molecule has 1 heterocycles. The van der Waals surface area contributed by atoms with E-state index in [2.05, 4.69) is 22.6 Å². The molecule has 5 heteroatoms. The van der Waals surface area contributed by atoms with Crippen LogP contribution in [-0.4, -0.2) is 23.4 Å². The molecular formula is C18H24N2O2S. The molecule has 0 spiro atoms. The van der Waals surface area contributed by atoms with Gasteiger partial charge < -0.3 is 9.84 Å². The topological polar surface area (TPSA) is 55.1 Å². The summed E-state index contributed by atoms with van der Waals surface area (Å²) in [5, 5.41) is 6.99. The number of hydrogen-bond donors (Lipinski definition) is 1. The Kier molecular flexibility index (Phi) is 6.71. The van der Waals surface area contributed by atoms with Gasteiger partial charge in [0.15, 0.2) is 0 Å². The minimum Gasteiger partial charge on any atom is -0.361 e. The number of hydrogen-bond acceptors (Lipinski definition) is 4. The number of amides is 1. The van der Waals surface area contributed by atoms with Crippen molar-refractivity contribution in [3.8, 4) is 0 Å².